The van der Waals surface area contributed by atoms with Crippen molar-refractivity contribution in [3.63, 3.8) is 0 Å². The third kappa shape index (κ3) is 7.40. The van der Waals surface area contributed by atoms with Crippen molar-refractivity contribution in [3.8, 4) is 22.8 Å². The highest BCUT2D eigenvalue weighted by molar-refractivity contribution is 7.92. The molecule has 11 heteroatoms. The molecule has 39 heavy (non-hydrogen) atoms. The number of nitrogens with zero attached hydrogens (tertiary/aromatic N) is 2. The average Bonchev–Trinajstić information content (AvgIpc) is 3.39. The fourth-order valence-electron chi connectivity index (χ4n) is 5.17. The monoisotopic (exact) mass is 563 g/mol. The Morgan fingerprint density at radius 2 is 1.92 bits per heavy atom. The molecule has 3 heterocycles. The number of pyridine rings is 1. The zero-order chi connectivity index (χ0) is 28.2. The Morgan fingerprint density at radius 1 is 1.18 bits per heavy atom. The third-order valence-corrected chi connectivity index (χ3v) is 8.87. The molecule has 0 spiro atoms. The quantitative estimate of drug-likeness (QED) is 0.400. The van der Waals surface area contributed by atoms with Crippen LogP contribution in [0.5, 0.6) is 11.6 Å². The number of hydrogen-bond donors (Lipinski definition) is 2. The molecule has 2 aliphatic heterocycles. The van der Waals surface area contributed by atoms with E-state index >= 15 is 0 Å². The van der Waals surface area contributed by atoms with E-state index in [-0.39, 0.29) is 30.0 Å². The summed E-state index contributed by atoms with van der Waals surface area (Å²) in [5, 5.41) is 10.4. The number of fused-ring (bicyclic) bond motifs is 1. The molecule has 0 bridgehead atoms. The van der Waals surface area contributed by atoms with Crippen LogP contribution in [0.3, 0.4) is 0 Å². The lowest BCUT2D eigenvalue weighted by atomic mass is 9.83. The number of aromatic nitrogens is 1. The number of sulfonamides is 1. The van der Waals surface area contributed by atoms with E-state index in [4.69, 9.17) is 18.9 Å². The molecule has 2 aliphatic rings. The predicted molar refractivity (Wildman–Crippen MR) is 150 cm³/mol. The summed E-state index contributed by atoms with van der Waals surface area (Å²) in [6.07, 6.45) is 3.59. The highest BCUT2D eigenvalue weighted by atomic mass is 32.2. The molecular weight excluding hydrogens is 522 g/mol. The van der Waals surface area contributed by atoms with E-state index in [0.29, 0.717) is 25.7 Å². The lowest BCUT2D eigenvalue weighted by Gasteiger charge is -2.40. The SMILES string of the molecule is COCCS(=O)(=O)Nc1cc(-c2cc3c(c(OC[C@H](C)N4CCC(C(C)(C)O)CC4)c2)COC3)cnc1OC. The van der Waals surface area contributed by atoms with Crippen LogP contribution in [-0.2, 0) is 32.7 Å². The van der Waals surface area contributed by atoms with E-state index in [9.17, 15) is 13.5 Å². The van der Waals surface area contributed by atoms with Crippen molar-refractivity contribution < 1.29 is 32.5 Å². The van der Waals surface area contributed by atoms with Crippen molar-refractivity contribution in [1.29, 1.82) is 0 Å². The molecule has 1 aromatic heterocycles. The molecule has 216 valence electrons. The number of methoxy groups -OCH3 is 2. The summed E-state index contributed by atoms with van der Waals surface area (Å²) in [6, 6.07) is 5.93. The number of anilines is 1. The van der Waals surface area contributed by atoms with E-state index < -0.39 is 15.6 Å². The minimum atomic E-state index is -3.64. The van der Waals surface area contributed by atoms with Crippen molar-refractivity contribution in [1.82, 2.24) is 9.88 Å². The third-order valence-electron chi connectivity index (χ3n) is 7.64. The predicted octanol–water partition coefficient (Wildman–Crippen LogP) is 3.43. The zero-order valence-electron chi connectivity index (χ0n) is 23.5. The molecule has 4 rings (SSSR count). The molecule has 0 aliphatic carbocycles. The van der Waals surface area contributed by atoms with Gasteiger partial charge in [0.25, 0.3) is 0 Å². The summed E-state index contributed by atoms with van der Waals surface area (Å²) in [7, 11) is -0.744. The van der Waals surface area contributed by atoms with Gasteiger partial charge >= 0.3 is 0 Å². The largest absolute Gasteiger partial charge is 0.492 e. The molecule has 2 aromatic rings. The molecule has 10 nitrogen and oxygen atoms in total. The second-order valence-corrected chi connectivity index (χ2v) is 12.8. The molecule has 0 radical (unpaired) electrons. The number of rotatable bonds is 12. The topological polar surface area (TPSA) is 119 Å². The number of benzene rings is 1. The summed E-state index contributed by atoms with van der Waals surface area (Å²) in [5.74, 6) is 1.07. The number of aliphatic hydroxyl groups is 1. The highest BCUT2D eigenvalue weighted by Gasteiger charge is 2.32. The summed E-state index contributed by atoms with van der Waals surface area (Å²) < 4.78 is 49.9. The van der Waals surface area contributed by atoms with Gasteiger partial charge in [0.1, 0.15) is 18.0 Å². The van der Waals surface area contributed by atoms with Crippen LogP contribution in [0.15, 0.2) is 24.4 Å². The Kier molecular flexibility index (Phi) is 9.38. The first kappa shape index (κ1) is 29.5. The number of hydrogen-bond acceptors (Lipinski definition) is 9. The Balaban J connectivity index is 1.51. The fourth-order valence-corrected chi connectivity index (χ4v) is 6.14. The smallest absolute Gasteiger partial charge is 0.238 e. The molecule has 1 fully saturated rings. The van der Waals surface area contributed by atoms with Gasteiger partial charge in [-0.15, -0.1) is 0 Å². The second kappa shape index (κ2) is 12.4. The number of likely N-dealkylation sites (tertiary alicyclic amines) is 1. The van der Waals surface area contributed by atoms with Crippen LogP contribution in [0.25, 0.3) is 11.1 Å². The maximum Gasteiger partial charge on any atom is 0.238 e. The Bertz CT molecular complexity index is 1240. The molecule has 0 amide bonds. The average molecular weight is 564 g/mol. The summed E-state index contributed by atoms with van der Waals surface area (Å²) in [5.41, 5.74) is 3.26. The van der Waals surface area contributed by atoms with E-state index in [1.807, 2.05) is 26.0 Å². The van der Waals surface area contributed by atoms with Crippen LogP contribution in [0.2, 0.25) is 0 Å². The Morgan fingerprint density at radius 3 is 2.59 bits per heavy atom. The van der Waals surface area contributed by atoms with Gasteiger partial charge in [0.05, 0.1) is 38.3 Å². The van der Waals surface area contributed by atoms with Gasteiger partial charge in [-0.25, -0.2) is 13.4 Å². The van der Waals surface area contributed by atoms with Gasteiger partial charge in [-0.3, -0.25) is 9.62 Å². The maximum atomic E-state index is 12.5. The van der Waals surface area contributed by atoms with Crippen molar-refractivity contribution in [2.24, 2.45) is 5.92 Å². The van der Waals surface area contributed by atoms with Crippen molar-refractivity contribution in [2.75, 3.05) is 51.0 Å². The van der Waals surface area contributed by atoms with Gasteiger partial charge in [-0.1, -0.05) is 0 Å². The molecule has 2 N–H and O–H groups in total. The summed E-state index contributed by atoms with van der Waals surface area (Å²) in [6.45, 7) is 9.39. The van der Waals surface area contributed by atoms with Gasteiger partial charge in [-0.2, -0.15) is 0 Å². The minimum absolute atomic E-state index is 0.0755. The van der Waals surface area contributed by atoms with Crippen LogP contribution in [-0.4, -0.2) is 81.3 Å². The fraction of sp³-hybridized carbons (Fsp3) is 0.607. The molecule has 1 saturated heterocycles. The zero-order valence-corrected chi connectivity index (χ0v) is 24.3. The number of ether oxygens (including phenoxy) is 4. The molecule has 1 atom stereocenters. The van der Waals surface area contributed by atoms with Crippen molar-refractivity contribution in [3.05, 3.63) is 35.5 Å². The molecule has 0 saturated carbocycles. The van der Waals surface area contributed by atoms with E-state index in [0.717, 1.165) is 53.9 Å². The van der Waals surface area contributed by atoms with Crippen molar-refractivity contribution >= 4 is 15.7 Å². The van der Waals surface area contributed by atoms with Gasteiger partial charge in [0.2, 0.25) is 15.9 Å². The lowest BCUT2D eigenvalue weighted by molar-refractivity contribution is -0.0205. The normalized spacial score (nSPS) is 17.6. The first-order chi connectivity index (χ1) is 18.5. The lowest BCUT2D eigenvalue weighted by Crippen LogP contribution is -2.46. The second-order valence-electron chi connectivity index (χ2n) is 10.9. The van der Waals surface area contributed by atoms with E-state index in [2.05, 4.69) is 21.5 Å². The molecule has 0 unspecified atom stereocenters. The van der Waals surface area contributed by atoms with E-state index in [1.165, 1.54) is 14.2 Å². The maximum absolute atomic E-state index is 12.5. The highest BCUT2D eigenvalue weighted by Crippen LogP contribution is 2.37. The summed E-state index contributed by atoms with van der Waals surface area (Å²) >= 11 is 0. The molecule has 1 aromatic carbocycles. The number of nitrogens with one attached hydrogen (secondary N) is 1. The number of piperidine rings is 1. The minimum Gasteiger partial charge on any atom is -0.492 e. The van der Waals surface area contributed by atoms with Crippen LogP contribution in [0.1, 0.15) is 44.7 Å². The van der Waals surface area contributed by atoms with Gasteiger partial charge in [0, 0.05) is 30.5 Å². The summed E-state index contributed by atoms with van der Waals surface area (Å²) in [4.78, 5) is 6.76. The molecular formula is C28H41N3O7S. The van der Waals surface area contributed by atoms with Gasteiger partial charge in [-0.05, 0) is 81.9 Å². The first-order valence-electron chi connectivity index (χ1n) is 13.4. The van der Waals surface area contributed by atoms with Crippen LogP contribution < -0.4 is 14.2 Å². The van der Waals surface area contributed by atoms with Crippen LogP contribution in [0.4, 0.5) is 5.69 Å². The van der Waals surface area contributed by atoms with Crippen LogP contribution >= 0.6 is 0 Å². The van der Waals surface area contributed by atoms with Crippen molar-refractivity contribution in [2.45, 2.75) is 58.5 Å². The standard InChI is InChI=1S/C28H41N3O7S/c1-19(31-8-6-23(7-9-31)28(2,3)32)16-38-26-14-20(12-22-17-37-18-24(22)26)21-13-25(27(36-5)29-15-21)30-39(33,34)11-10-35-4/h12-15,19,23,30,32H,6-11,16-18H2,1-5H3/t19-/m0/s1. The first-order valence-corrected chi connectivity index (χ1v) is 15.0. The van der Waals surface area contributed by atoms with Gasteiger partial charge < -0.3 is 24.1 Å². The van der Waals surface area contributed by atoms with Crippen LogP contribution in [0, 0.1) is 5.92 Å². The van der Waals surface area contributed by atoms with E-state index in [1.54, 1.807) is 12.3 Å². The Hall–Kier alpha value is -2.44. The van der Waals surface area contributed by atoms with Gasteiger partial charge in [0.15, 0.2) is 0 Å². The Labute approximate surface area is 231 Å².